The normalized spacial score (nSPS) is 15.2. The maximum Gasteiger partial charge on any atom is 0.246 e. The van der Waals surface area contributed by atoms with Gasteiger partial charge in [0, 0.05) is 48.6 Å². The molecule has 7 heteroatoms. The van der Waals surface area contributed by atoms with Gasteiger partial charge in [-0.15, -0.1) is 11.3 Å². The van der Waals surface area contributed by atoms with Crippen molar-refractivity contribution in [3.05, 3.63) is 52.4 Å². The third kappa shape index (κ3) is 3.67. The number of thiophene rings is 1. The van der Waals surface area contributed by atoms with Crippen molar-refractivity contribution >= 4 is 39.8 Å². The zero-order valence-electron chi connectivity index (χ0n) is 13.5. The van der Waals surface area contributed by atoms with Gasteiger partial charge < -0.3 is 14.2 Å². The molecule has 0 saturated carbocycles. The van der Waals surface area contributed by atoms with Crippen LogP contribution in [0.5, 0.6) is 0 Å². The number of anilines is 1. The third-order valence-electron chi connectivity index (χ3n) is 4.10. The van der Waals surface area contributed by atoms with Crippen LogP contribution in [0.15, 0.2) is 51.1 Å². The number of rotatable bonds is 4. The van der Waals surface area contributed by atoms with Gasteiger partial charge in [0.05, 0.1) is 12.0 Å². The largest absolute Gasteiger partial charge is 0.465 e. The van der Waals surface area contributed by atoms with Crippen LogP contribution in [-0.4, -0.2) is 42.0 Å². The first-order valence-corrected chi connectivity index (χ1v) is 9.85. The molecule has 0 N–H and O–H groups in total. The molecule has 3 aromatic heterocycles. The highest BCUT2D eigenvalue weighted by Gasteiger charge is 2.21. The first kappa shape index (κ1) is 16.1. The van der Waals surface area contributed by atoms with Crippen molar-refractivity contribution in [2.24, 2.45) is 0 Å². The average molecular weight is 371 g/mol. The van der Waals surface area contributed by atoms with Gasteiger partial charge in [0.2, 0.25) is 5.91 Å². The predicted octanol–water partition coefficient (Wildman–Crippen LogP) is 3.83. The van der Waals surface area contributed by atoms with Crippen molar-refractivity contribution in [2.75, 3.05) is 31.1 Å². The summed E-state index contributed by atoms with van der Waals surface area (Å²) in [6.45, 7) is 3.01. The molecule has 1 fully saturated rings. The second kappa shape index (κ2) is 7.25. The third-order valence-corrected chi connectivity index (χ3v) is 5.69. The zero-order chi connectivity index (χ0) is 17.1. The summed E-state index contributed by atoms with van der Waals surface area (Å²) in [5, 5.41) is 7.30. The fourth-order valence-electron chi connectivity index (χ4n) is 2.72. The van der Waals surface area contributed by atoms with Crippen LogP contribution < -0.4 is 4.90 Å². The maximum absolute atomic E-state index is 12.3. The molecule has 128 valence electrons. The number of hydrogen-bond donors (Lipinski definition) is 0. The fourth-order valence-corrected chi connectivity index (χ4v) is 4.25. The van der Waals surface area contributed by atoms with Crippen LogP contribution in [0, 0.1) is 0 Å². The van der Waals surface area contributed by atoms with Crippen LogP contribution in [0.1, 0.15) is 5.76 Å². The lowest BCUT2D eigenvalue weighted by Crippen LogP contribution is -2.48. The van der Waals surface area contributed by atoms with Gasteiger partial charge in [0.25, 0.3) is 0 Å². The minimum atomic E-state index is 0.0224. The van der Waals surface area contributed by atoms with Crippen LogP contribution in [-0.2, 0) is 4.79 Å². The molecule has 0 spiro atoms. The lowest BCUT2D eigenvalue weighted by Gasteiger charge is -2.34. The Bertz CT molecular complexity index is 845. The van der Waals surface area contributed by atoms with E-state index in [0.29, 0.717) is 18.8 Å². The van der Waals surface area contributed by atoms with E-state index in [1.807, 2.05) is 11.0 Å². The highest BCUT2D eigenvalue weighted by Crippen LogP contribution is 2.29. The number of thiazole rings is 1. The Hall–Kier alpha value is -2.38. The molecule has 4 heterocycles. The monoisotopic (exact) mass is 371 g/mol. The standard InChI is InChI=1S/C18H17N3O2S2/c22-17(4-3-15-2-1-10-23-15)20-6-8-21(9-7-20)18-19-16(13-25-18)14-5-11-24-12-14/h1-5,10-13H,6-9H2. The predicted molar refractivity (Wildman–Crippen MR) is 102 cm³/mol. The summed E-state index contributed by atoms with van der Waals surface area (Å²) in [6.07, 6.45) is 4.89. The molecule has 4 rings (SSSR count). The smallest absolute Gasteiger partial charge is 0.246 e. The van der Waals surface area contributed by atoms with Crippen LogP contribution in [0.4, 0.5) is 5.13 Å². The number of piperazine rings is 1. The Morgan fingerprint density at radius 1 is 1.20 bits per heavy atom. The molecule has 1 amide bonds. The summed E-state index contributed by atoms with van der Waals surface area (Å²) in [5.74, 6) is 0.713. The Kier molecular flexibility index (Phi) is 4.67. The lowest BCUT2D eigenvalue weighted by atomic mass is 10.3. The zero-order valence-corrected chi connectivity index (χ0v) is 15.1. The van der Waals surface area contributed by atoms with Gasteiger partial charge in [-0.25, -0.2) is 4.98 Å². The van der Waals surface area contributed by atoms with E-state index < -0.39 is 0 Å². The number of amides is 1. The van der Waals surface area contributed by atoms with Crippen LogP contribution in [0.2, 0.25) is 0 Å². The number of hydrogen-bond acceptors (Lipinski definition) is 6. The van der Waals surface area contributed by atoms with Gasteiger partial charge >= 0.3 is 0 Å². The topological polar surface area (TPSA) is 49.6 Å². The average Bonchev–Trinajstić information content (AvgIpc) is 3.42. The molecule has 0 atom stereocenters. The van der Waals surface area contributed by atoms with E-state index in [0.717, 1.165) is 23.9 Å². The Balaban J connectivity index is 1.34. The molecule has 3 aromatic rings. The van der Waals surface area contributed by atoms with Gasteiger partial charge in [-0.05, 0) is 29.7 Å². The van der Waals surface area contributed by atoms with E-state index in [9.17, 15) is 4.79 Å². The van der Waals surface area contributed by atoms with E-state index in [1.165, 1.54) is 5.56 Å². The second-order valence-electron chi connectivity index (χ2n) is 5.69. The first-order chi connectivity index (χ1) is 12.3. The van der Waals surface area contributed by atoms with Crippen molar-refractivity contribution in [3.8, 4) is 11.3 Å². The van der Waals surface area contributed by atoms with Crippen molar-refractivity contribution in [2.45, 2.75) is 0 Å². The molecule has 1 aliphatic heterocycles. The van der Waals surface area contributed by atoms with Gasteiger partial charge in [-0.3, -0.25) is 4.79 Å². The Morgan fingerprint density at radius 3 is 2.80 bits per heavy atom. The molecular weight excluding hydrogens is 354 g/mol. The van der Waals surface area contributed by atoms with Gasteiger partial charge in [-0.2, -0.15) is 11.3 Å². The van der Waals surface area contributed by atoms with Gasteiger partial charge in [0.15, 0.2) is 5.13 Å². The molecule has 0 aliphatic carbocycles. The van der Waals surface area contributed by atoms with Crippen LogP contribution >= 0.6 is 22.7 Å². The van der Waals surface area contributed by atoms with Gasteiger partial charge in [0.1, 0.15) is 5.76 Å². The minimum absolute atomic E-state index is 0.0224. The SMILES string of the molecule is O=C(C=Cc1ccco1)N1CCN(c2nc(-c3ccsc3)cs2)CC1. The van der Waals surface area contributed by atoms with Gasteiger partial charge in [-0.1, -0.05) is 0 Å². The number of aromatic nitrogens is 1. The summed E-state index contributed by atoms with van der Waals surface area (Å²) in [6, 6.07) is 5.72. The number of nitrogens with zero attached hydrogens (tertiary/aromatic N) is 3. The number of furan rings is 1. The summed E-state index contributed by atoms with van der Waals surface area (Å²) < 4.78 is 5.21. The number of carbonyl (C=O) groups is 1. The van der Waals surface area contributed by atoms with E-state index in [-0.39, 0.29) is 5.91 Å². The summed E-state index contributed by atoms with van der Waals surface area (Å²) in [4.78, 5) is 21.1. The molecular formula is C18H17N3O2S2. The van der Waals surface area contributed by atoms with Crippen molar-refractivity contribution in [1.29, 1.82) is 0 Å². The van der Waals surface area contributed by atoms with E-state index in [2.05, 4.69) is 27.1 Å². The van der Waals surface area contributed by atoms with Crippen LogP contribution in [0.3, 0.4) is 0 Å². The summed E-state index contributed by atoms with van der Waals surface area (Å²) in [5.41, 5.74) is 2.20. The minimum Gasteiger partial charge on any atom is -0.465 e. The molecule has 0 bridgehead atoms. The molecule has 1 aliphatic rings. The molecule has 0 unspecified atom stereocenters. The molecule has 0 aromatic carbocycles. The fraction of sp³-hybridized carbons (Fsp3) is 0.222. The quantitative estimate of drug-likeness (QED) is 0.654. The Morgan fingerprint density at radius 2 is 2.08 bits per heavy atom. The van der Waals surface area contributed by atoms with E-state index in [1.54, 1.807) is 47.2 Å². The Labute approximate surface area is 153 Å². The van der Waals surface area contributed by atoms with Crippen molar-refractivity contribution in [1.82, 2.24) is 9.88 Å². The second-order valence-corrected chi connectivity index (χ2v) is 7.31. The summed E-state index contributed by atoms with van der Waals surface area (Å²) >= 11 is 3.34. The molecule has 25 heavy (non-hydrogen) atoms. The highest BCUT2D eigenvalue weighted by molar-refractivity contribution is 7.14. The van der Waals surface area contributed by atoms with E-state index in [4.69, 9.17) is 9.40 Å². The van der Waals surface area contributed by atoms with Crippen molar-refractivity contribution < 1.29 is 9.21 Å². The number of carbonyl (C=O) groups excluding carboxylic acids is 1. The van der Waals surface area contributed by atoms with Crippen molar-refractivity contribution in [3.63, 3.8) is 0 Å². The lowest BCUT2D eigenvalue weighted by molar-refractivity contribution is -0.126. The van der Waals surface area contributed by atoms with Crippen LogP contribution in [0.25, 0.3) is 17.3 Å². The molecule has 5 nitrogen and oxygen atoms in total. The molecule has 1 saturated heterocycles. The highest BCUT2D eigenvalue weighted by atomic mass is 32.1. The maximum atomic E-state index is 12.3. The first-order valence-electron chi connectivity index (χ1n) is 8.03. The van der Waals surface area contributed by atoms with E-state index >= 15 is 0 Å². The molecule has 0 radical (unpaired) electrons. The summed E-state index contributed by atoms with van der Waals surface area (Å²) in [7, 11) is 0.